The molecule has 2 atom stereocenters. The van der Waals surface area contributed by atoms with Gasteiger partial charge in [0.05, 0.1) is 18.2 Å². The van der Waals surface area contributed by atoms with E-state index in [0.717, 1.165) is 37.6 Å². The monoisotopic (exact) mass is 325 g/mol. The van der Waals surface area contributed by atoms with Crippen LogP contribution >= 0.6 is 0 Å². The molecule has 1 aliphatic rings. The van der Waals surface area contributed by atoms with Crippen molar-refractivity contribution in [2.75, 3.05) is 19.7 Å². The van der Waals surface area contributed by atoms with E-state index in [1.54, 1.807) is 0 Å². The Bertz CT molecular complexity index is 703. The lowest BCUT2D eigenvalue weighted by Gasteiger charge is -2.36. The summed E-state index contributed by atoms with van der Waals surface area (Å²) < 4.78 is 5.88. The van der Waals surface area contributed by atoms with Crippen LogP contribution in [0.4, 0.5) is 0 Å². The fraction of sp³-hybridized carbons (Fsp3) is 0.500. The first-order chi connectivity index (χ1) is 11.7. The summed E-state index contributed by atoms with van der Waals surface area (Å²) in [6.45, 7) is 6.63. The lowest BCUT2D eigenvalue weighted by molar-refractivity contribution is -0.0470. The van der Waals surface area contributed by atoms with E-state index in [-0.39, 0.29) is 12.1 Å². The fourth-order valence-electron chi connectivity index (χ4n) is 3.03. The predicted molar refractivity (Wildman–Crippen MR) is 90.2 cm³/mol. The molecule has 1 aromatic carbocycles. The summed E-state index contributed by atoms with van der Waals surface area (Å²) >= 11 is 0. The number of hydrogen-bond acceptors (Lipinski definition) is 5. The van der Waals surface area contributed by atoms with Crippen LogP contribution in [-0.2, 0) is 11.2 Å². The zero-order valence-corrected chi connectivity index (χ0v) is 14.2. The predicted octanol–water partition coefficient (Wildman–Crippen LogP) is 2.76. The van der Waals surface area contributed by atoms with E-state index in [4.69, 9.17) is 10.00 Å². The summed E-state index contributed by atoms with van der Waals surface area (Å²) in [6, 6.07) is 10.2. The zero-order valence-electron chi connectivity index (χ0n) is 14.2. The van der Waals surface area contributed by atoms with Crippen LogP contribution in [0.2, 0.25) is 0 Å². The molecule has 0 saturated carbocycles. The van der Waals surface area contributed by atoms with E-state index in [9.17, 15) is 0 Å². The van der Waals surface area contributed by atoms with E-state index >= 15 is 0 Å². The number of rotatable bonds is 5. The van der Waals surface area contributed by atoms with Crippen molar-refractivity contribution < 1.29 is 4.74 Å². The van der Waals surface area contributed by atoms with Gasteiger partial charge in [-0.05, 0) is 31.0 Å². The Hall–Kier alpha value is -2.23. The van der Waals surface area contributed by atoms with Crippen LogP contribution in [0.25, 0.3) is 0 Å². The van der Waals surface area contributed by atoms with Crippen LogP contribution in [0.1, 0.15) is 55.2 Å². The third-order valence-corrected chi connectivity index (χ3v) is 4.49. The first kappa shape index (κ1) is 16.6. The number of nitriles is 1. The van der Waals surface area contributed by atoms with Crippen LogP contribution in [-0.4, -0.2) is 39.8 Å². The van der Waals surface area contributed by atoms with E-state index in [1.165, 1.54) is 5.56 Å². The van der Waals surface area contributed by atoms with Gasteiger partial charge in [0.1, 0.15) is 11.9 Å². The van der Waals surface area contributed by atoms with Gasteiger partial charge in [-0.3, -0.25) is 10.00 Å². The van der Waals surface area contributed by atoms with Crippen molar-refractivity contribution in [1.82, 2.24) is 20.1 Å². The standard InChI is InChI=1S/C18H23N5O/c1-3-4-17-20-18(22-21-17)16-12-23(9-10-24-16)13(2)15-7-5-14(11-19)6-8-15/h5-8,13,16H,3-4,9-10,12H2,1-2H3,(H,20,21,22)/t13-,16+/m1/s1. The summed E-state index contributed by atoms with van der Waals surface area (Å²) in [5.74, 6) is 1.67. The highest BCUT2D eigenvalue weighted by Gasteiger charge is 2.28. The maximum atomic E-state index is 8.92. The summed E-state index contributed by atoms with van der Waals surface area (Å²) in [5, 5.41) is 16.2. The van der Waals surface area contributed by atoms with Crippen molar-refractivity contribution in [1.29, 1.82) is 5.26 Å². The van der Waals surface area contributed by atoms with Crippen LogP contribution in [0.3, 0.4) is 0 Å². The lowest BCUT2D eigenvalue weighted by Crippen LogP contribution is -2.40. The first-order valence-corrected chi connectivity index (χ1v) is 8.48. The molecule has 0 unspecified atom stereocenters. The smallest absolute Gasteiger partial charge is 0.180 e. The maximum absolute atomic E-state index is 8.92. The second-order valence-corrected chi connectivity index (χ2v) is 6.15. The molecule has 2 heterocycles. The van der Waals surface area contributed by atoms with Gasteiger partial charge in [-0.25, -0.2) is 4.98 Å². The Balaban J connectivity index is 1.68. The molecule has 0 radical (unpaired) electrons. The molecule has 1 saturated heterocycles. The highest BCUT2D eigenvalue weighted by Crippen LogP contribution is 2.27. The SMILES string of the molecule is CCCc1nc([C@@H]2CN([C@H](C)c3ccc(C#N)cc3)CCO2)n[nH]1. The van der Waals surface area contributed by atoms with Crippen LogP contribution in [0.15, 0.2) is 24.3 Å². The number of hydrogen-bond donors (Lipinski definition) is 1. The summed E-state index contributed by atoms with van der Waals surface area (Å²) in [4.78, 5) is 6.94. The van der Waals surface area contributed by atoms with Crippen molar-refractivity contribution in [2.45, 2.75) is 38.8 Å². The average molecular weight is 325 g/mol. The third kappa shape index (κ3) is 3.64. The summed E-state index contributed by atoms with van der Waals surface area (Å²) in [6.07, 6.45) is 1.86. The Morgan fingerprint density at radius 1 is 1.42 bits per heavy atom. The number of aryl methyl sites for hydroxylation is 1. The summed E-state index contributed by atoms with van der Waals surface area (Å²) in [5.41, 5.74) is 1.89. The Morgan fingerprint density at radius 2 is 2.21 bits per heavy atom. The maximum Gasteiger partial charge on any atom is 0.180 e. The van der Waals surface area contributed by atoms with Gasteiger partial charge in [-0.15, -0.1) is 0 Å². The van der Waals surface area contributed by atoms with Gasteiger partial charge in [-0.1, -0.05) is 19.1 Å². The minimum absolute atomic E-state index is 0.0959. The third-order valence-electron chi connectivity index (χ3n) is 4.49. The second-order valence-electron chi connectivity index (χ2n) is 6.15. The molecule has 1 aromatic heterocycles. The van der Waals surface area contributed by atoms with Gasteiger partial charge in [0.2, 0.25) is 0 Å². The Labute approximate surface area is 142 Å². The molecular weight excluding hydrogens is 302 g/mol. The van der Waals surface area contributed by atoms with Crippen molar-refractivity contribution in [3.8, 4) is 6.07 Å². The molecule has 24 heavy (non-hydrogen) atoms. The van der Waals surface area contributed by atoms with Crippen molar-refractivity contribution in [2.24, 2.45) is 0 Å². The Morgan fingerprint density at radius 3 is 2.92 bits per heavy atom. The molecular formula is C18H23N5O. The minimum atomic E-state index is -0.0959. The molecule has 0 aliphatic carbocycles. The Kier molecular flexibility index (Phi) is 5.24. The van der Waals surface area contributed by atoms with Gasteiger partial charge < -0.3 is 4.74 Å². The van der Waals surface area contributed by atoms with Crippen LogP contribution in [0.5, 0.6) is 0 Å². The zero-order chi connectivity index (χ0) is 16.9. The first-order valence-electron chi connectivity index (χ1n) is 8.48. The van der Waals surface area contributed by atoms with E-state index < -0.39 is 0 Å². The fourth-order valence-corrected chi connectivity index (χ4v) is 3.03. The molecule has 2 aromatic rings. The largest absolute Gasteiger partial charge is 0.367 e. The molecule has 0 amide bonds. The van der Waals surface area contributed by atoms with Crippen molar-refractivity contribution >= 4 is 0 Å². The second kappa shape index (κ2) is 7.56. The number of aromatic nitrogens is 3. The van der Waals surface area contributed by atoms with Crippen molar-refractivity contribution in [3.05, 3.63) is 47.0 Å². The molecule has 1 aliphatic heterocycles. The number of ether oxygens (including phenoxy) is 1. The van der Waals surface area contributed by atoms with Crippen LogP contribution in [0, 0.1) is 11.3 Å². The lowest BCUT2D eigenvalue weighted by atomic mass is 10.0. The molecule has 6 heteroatoms. The number of H-pyrrole nitrogens is 1. The number of nitrogens with one attached hydrogen (secondary N) is 1. The molecule has 126 valence electrons. The molecule has 1 fully saturated rings. The molecule has 0 bridgehead atoms. The van der Waals surface area contributed by atoms with Crippen molar-refractivity contribution in [3.63, 3.8) is 0 Å². The van der Waals surface area contributed by atoms with Gasteiger partial charge in [0.15, 0.2) is 5.82 Å². The average Bonchev–Trinajstić information content (AvgIpc) is 3.10. The number of morpholine rings is 1. The van der Waals surface area contributed by atoms with E-state index in [2.05, 4.69) is 40.0 Å². The minimum Gasteiger partial charge on any atom is -0.367 e. The quantitative estimate of drug-likeness (QED) is 0.914. The van der Waals surface area contributed by atoms with Gasteiger partial charge in [-0.2, -0.15) is 10.4 Å². The molecule has 1 N–H and O–H groups in total. The number of nitrogens with zero attached hydrogens (tertiary/aromatic N) is 4. The van der Waals surface area contributed by atoms with Gasteiger partial charge in [0.25, 0.3) is 0 Å². The van der Waals surface area contributed by atoms with E-state index in [0.29, 0.717) is 12.2 Å². The van der Waals surface area contributed by atoms with E-state index in [1.807, 2.05) is 24.3 Å². The van der Waals surface area contributed by atoms with Crippen LogP contribution < -0.4 is 0 Å². The van der Waals surface area contributed by atoms with Gasteiger partial charge >= 0.3 is 0 Å². The molecule has 6 nitrogen and oxygen atoms in total. The van der Waals surface area contributed by atoms with Gasteiger partial charge in [0, 0.05) is 25.6 Å². The topological polar surface area (TPSA) is 77.8 Å². The number of benzene rings is 1. The normalized spacial score (nSPS) is 19.8. The highest BCUT2D eigenvalue weighted by atomic mass is 16.5. The highest BCUT2D eigenvalue weighted by molar-refractivity contribution is 5.32. The molecule has 0 spiro atoms. The number of aromatic amines is 1. The molecule has 3 rings (SSSR count). The summed E-state index contributed by atoms with van der Waals surface area (Å²) in [7, 11) is 0.